The smallest absolute Gasteiger partial charge is 0.0155 e. The van der Waals surface area contributed by atoms with Crippen molar-refractivity contribution in [2.45, 2.75) is 12.8 Å². The summed E-state index contributed by atoms with van der Waals surface area (Å²) in [6.07, 6.45) is 4.99. The maximum Gasteiger partial charge on any atom is 0.0155 e. The molecule has 1 saturated heterocycles. The minimum atomic E-state index is 0.794. The average Bonchev–Trinajstić information content (AvgIpc) is 2.05. The maximum absolute atomic E-state index is 3.44. The zero-order valence-electron chi connectivity index (χ0n) is 6.19. The summed E-state index contributed by atoms with van der Waals surface area (Å²) in [5.74, 6) is 0.794. The van der Waals surface area contributed by atoms with Crippen molar-refractivity contribution >= 4 is 0 Å². The van der Waals surface area contributed by atoms with E-state index in [-0.39, 0.29) is 0 Å². The predicted molar refractivity (Wildman–Crippen MR) is 41.7 cm³/mol. The zero-order chi connectivity index (χ0) is 6.81. The normalized spacial score (nSPS) is 32.0. The lowest BCUT2D eigenvalue weighted by Gasteiger charge is -2.30. The lowest BCUT2D eigenvalue weighted by atomic mass is 9.93. The Hall–Kier alpha value is -0.500. The van der Waals surface area contributed by atoms with Gasteiger partial charge in [-0.3, -0.25) is 0 Å². The van der Waals surface area contributed by atoms with Gasteiger partial charge in [-0.2, -0.15) is 0 Å². The Morgan fingerprint density at radius 2 is 2.50 bits per heavy atom. The van der Waals surface area contributed by atoms with Gasteiger partial charge < -0.3 is 10.6 Å². The van der Waals surface area contributed by atoms with Gasteiger partial charge in [0.2, 0.25) is 0 Å². The van der Waals surface area contributed by atoms with Gasteiger partial charge in [-0.05, 0) is 12.8 Å². The molecule has 10 heavy (non-hydrogen) atoms. The summed E-state index contributed by atoms with van der Waals surface area (Å²) in [5.41, 5.74) is 1.49. The van der Waals surface area contributed by atoms with Crippen LogP contribution >= 0.6 is 0 Å². The van der Waals surface area contributed by atoms with E-state index in [1.165, 1.54) is 31.6 Å². The standard InChI is InChI=1S/C8H14N2/c1-2-7-6-9-5-3-8(7)10-4-1/h3,7,9-10H,1-2,4-6H2. The summed E-state index contributed by atoms with van der Waals surface area (Å²) in [4.78, 5) is 0. The van der Waals surface area contributed by atoms with Crippen LogP contribution in [-0.2, 0) is 0 Å². The molecule has 2 nitrogen and oxygen atoms in total. The van der Waals surface area contributed by atoms with Gasteiger partial charge in [0, 0.05) is 31.2 Å². The fourth-order valence-electron chi connectivity index (χ4n) is 1.77. The second-order valence-corrected chi connectivity index (χ2v) is 3.08. The van der Waals surface area contributed by atoms with Crippen molar-refractivity contribution in [1.82, 2.24) is 10.6 Å². The molecule has 0 saturated carbocycles. The van der Waals surface area contributed by atoms with E-state index in [2.05, 4.69) is 16.7 Å². The SMILES string of the molecule is C1=C2NCCCC2CNC1. The van der Waals surface area contributed by atoms with E-state index in [1.807, 2.05) is 0 Å². The zero-order valence-corrected chi connectivity index (χ0v) is 6.19. The molecule has 0 spiro atoms. The van der Waals surface area contributed by atoms with E-state index in [4.69, 9.17) is 0 Å². The molecule has 1 fully saturated rings. The van der Waals surface area contributed by atoms with Crippen LogP contribution in [0.25, 0.3) is 0 Å². The number of fused-ring (bicyclic) bond motifs is 1. The molecule has 0 aromatic carbocycles. The van der Waals surface area contributed by atoms with Crippen LogP contribution in [0.4, 0.5) is 0 Å². The molecule has 0 aromatic heterocycles. The molecule has 2 heteroatoms. The molecule has 2 heterocycles. The number of hydrogen-bond donors (Lipinski definition) is 2. The molecule has 1 unspecified atom stereocenters. The molecule has 2 N–H and O–H groups in total. The van der Waals surface area contributed by atoms with Gasteiger partial charge in [0.1, 0.15) is 0 Å². The minimum Gasteiger partial charge on any atom is -0.388 e. The lowest BCUT2D eigenvalue weighted by molar-refractivity contribution is 0.407. The van der Waals surface area contributed by atoms with Gasteiger partial charge in [0.05, 0.1) is 0 Å². The maximum atomic E-state index is 3.44. The fraction of sp³-hybridized carbons (Fsp3) is 0.750. The third kappa shape index (κ3) is 1.03. The van der Waals surface area contributed by atoms with Crippen LogP contribution in [0.15, 0.2) is 11.8 Å². The highest BCUT2D eigenvalue weighted by Gasteiger charge is 2.19. The van der Waals surface area contributed by atoms with Crippen LogP contribution in [-0.4, -0.2) is 19.6 Å². The number of piperidine rings is 1. The largest absolute Gasteiger partial charge is 0.388 e. The Balaban J connectivity index is 2.08. The van der Waals surface area contributed by atoms with Crippen molar-refractivity contribution in [2.24, 2.45) is 5.92 Å². The summed E-state index contributed by atoms with van der Waals surface area (Å²) in [6.45, 7) is 3.42. The predicted octanol–water partition coefficient (Wildman–Crippen LogP) is 0.473. The van der Waals surface area contributed by atoms with Gasteiger partial charge in [-0.25, -0.2) is 0 Å². The van der Waals surface area contributed by atoms with E-state index in [9.17, 15) is 0 Å². The molecular weight excluding hydrogens is 124 g/mol. The van der Waals surface area contributed by atoms with E-state index in [0.29, 0.717) is 0 Å². The third-order valence-corrected chi connectivity index (χ3v) is 2.36. The van der Waals surface area contributed by atoms with Gasteiger partial charge in [0.25, 0.3) is 0 Å². The second kappa shape index (κ2) is 2.62. The monoisotopic (exact) mass is 138 g/mol. The molecule has 1 atom stereocenters. The van der Waals surface area contributed by atoms with Gasteiger partial charge in [-0.15, -0.1) is 0 Å². The summed E-state index contributed by atoms with van der Waals surface area (Å²) >= 11 is 0. The van der Waals surface area contributed by atoms with Crippen molar-refractivity contribution in [3.63, 3.8) is 0 Å². The van der Waals surface area contributed by atoms with Crippen LogP contribution in [0.5, 0.6) is 0 Å². The van der Waals surface area contributed by atoms with Crippen LogP contribution < -0.4 is 10.6 Å². The summed E-state index contributed by atoms with van der Waals surface area (Å²) in [6, 6.07) is 0. The molecule has 2 rings (SSSR count). The first-order chi connectivity index (χ1) is 4.97. The molecular formula is C8H14N2. The van der Waals surface area contributed by atoms with E-state index >= 15 is 0 Å². The first kappa shape index (κ1) is 6.23. The van der Waals surface area contributed by atoms with Gasteiger partial charge in [-0.1, -0.05) is 6.08 Å². The van der Waals surface area contributed by atoms with E-state index < -0.39 is 0 Å². The fourth-order valence-corrected chi connectivity index (χ4v) is 1.77. The molecule has 0 aliphatic carbocycles. The van der Waals surface area contributed by atoms with Crippen LogP contribution in [0, 0.1) is 5.92 Å². The highest BCUT2D eigenvalue weighted by atomic mass is 15.0. The van der Waals surface area contributed by atoms with E-state index in [1.54, 1.807) is 0 Å². The van der Waals surface area contributed by atoms with Crippen molar-refractivity contribution in [3.05, 3.63) is 11.8 Å². The second-order valence-electron chi connectivity index (χ2n) is 3.08. The first-order valence-corrected chi connectivity index (χ1v) is 4.11. The molecule has 0 radical (unpaired) electrons. The molecule has 56 valence electrons. The first-order valence-electron chi connectivity index (χ1n) is 4.11. The van der Waals surface area contributed by atoms with Crippen molar-refractivity contribution in [2.75, 3.05) is 19.6 Å². The molecule has 2 aliphatic heterocycles. The quantitative estimate of drug-likeness (QED) is 0.508. The van der Waals surface area contributed by atoms with Gasteiger partial charge >= 0.3 is 0 Å². The van der Waals surface area contributed by atoms with E-state index in [0.717, 1.165) is 12.5 Å². The van der Waals surface area contributed by atoms with Crippen LogP contribution in [0.3, 0.4) is 0 Å². The number of rotatable bonds is 0. The Bertz CT molecular complexity index is 151. The minimum absolute atomic E-state index is 0.794. The molecule has 0 aromatic rings. The van der Waals surface area contributed by atoms with Gasteiger partial charge in [0.15, 0.2) is 0 Å². The summed E-state index contributed by atoms with van der Waals surface area (Å²) in [5, 5.41) is 6.81. The van der Waals surface area contributed by atoms with Crippen LogP contribution in [0.1, 0.15) is 12.8 Å². The van der Waals surface area contributed by atoms with Crippen molar-refractivity contribution in [3.8, 4) is 0 Å². The Kier molecular flexibility index (Phi) is 1.63. The third-order valence-electron chi connectivity index (χ3n) is 2.36. The molecule has 2 aliphatic rings. The topological polar surface area (TPSA) is 24.1 Å². The molecule has 0 amide bonds. The Morgan fingerprint density at radius 3 is 3.40 bits per heavy atom. The van der Waals surface area contributed by atoms with Crippen LogP contribution in [0.2, 0.25) is 0 Å². The highest BCUT2D eigenvalue weighted by molar-refractivity contribution is 5.11. The number of nitrogens with one attached hydrogen (secondary N) is 2. The number of hydrogen-bond acceptors (Lipinski definition) is 2. The average molecular weight is 138 g/mol. The Morgan fingerprint density at radius 1 is 1.50 bits per heavy atom. The summed E-state index contributed by atoms with van der Waals surface area (Å²) in [7, 11) is 0. The van der Waals surface area contributed by atoms with Crippen molar-refractivity contribution < 1.29 is 0 Å². The Labute approximate surface area is 61.7 Å². The van der Waals surface area contributed by atoms with Crippen molar-refractivity contribution in [1.29, 1.82) is 0 Å². The lowest BCUT2D eigenvalue weighted by Crippen LogP contribution is -2.38. The highest BCUT2D eigenvalue weighted by Crippen LogP contribution is 2.20. The molecule has 0 bridgehead atoms. The summed E-state index contributed by atoms with van der Waals surface area (Å²) < 4.78 is 0.